The normalized spacial score (nSPS) is 9.64. The zero-order chi connectivity index (χ0) is 10.7. The molecule has 0 saturated heterocycles. The van der Waals surface area contributed by atoms with E-state index in [2.05, 4.69) is 4.74 Å². The summed E-state index contributed by atoms with van der Waals surface area (Å²) in [5.41, 5.74) is 0.831. The van der Waals surface area contributed by atoms with E-state index in [0.717, 1.165) is 0 Å². The average molecular weight is 233 g/mol. The van der Waals surface area contributed by atoms with E-state index < -0.39 is 5.97 Å². The van der Waals surface area contributed by atoms with Gasteiger partial charge >= 0.3 is 12.4 Å². The van der Waals surface area contributed by atoms with Crippen LogP contribution in [0.25, 0.3) is 0 Å². The molecule has 1 aromatic rings. The maximum Gasteiger partial charge on any atom is 0.345 e. The number of ether oxygens (including phenoxy) is 1. The maximum absolute atomic E-state index is 11.2. The summed E-state index contributed by atoms with van der Waals surface area (Å²) in [5.74, 6) is -0.740. The Kier molecular flexibility index (Phi) is 3.49. The fraction of sp³-hybridized carbons (Fsp3) is 0.111. The standard InChI is InChI=1S/C9H6Cl2O3/c1-5-2-7(10)8(11)3-6(5)9(13)14-4-12/h2-4H,1H3. The molecule has 0 atom stereocenters. The van der Waals surface area contributed by atoms with Crippen LogP contribution in [0.1, 0.15) is 15.9 Å². The van der Waals surface area contributed by atoms with Gasteiger partial charge in [0.1, 0.15) is 0 Å². The number of benzene rings is 1. The van der Waals surface area contributed by atoms with E-state index in [9.17, 15) is 9.59 Å². The van der Waals surface area contributed by atoms with Crippen molar-refractivity contribution in [3.8, 4) is 0 Å². The van der Waals surface area contributed by atoms with Gasteiger partial charge in [-0.25, -0.2) is 4.79 Å². The number of rotatable bonds is 2. The van der Waals surface area contributed by atoms with Crippen LogP contribution in [-0.4, -0.2) is 12.4 Å². The highest BCUT2D eigenvalue weighted by Gasteiger charge is 2.12. The number of carbonyl (C=O) groups is 2. The molecule has 0 bridgehead atoms. The number of esters is 1. The van der Waals surface area contributed by atoms with Crippen LogP contribution < -0.4 is 0 Å². The lowest BCUT2D eigenvalue weighted by molar-refractivity contribution is -0.123. The summed E-state index contributed by atoms with van der Waals surface area (Å²) < 4.78 is 4.18. The van der Waals surface area contributed by atoms with Crippen molar-refractivity contribution in [1.29, 1.82) is 0 Å². The van der Waals surface area contributed by atoms with E-state index in [0.29, 0.717) is 10.6 Å². The smallest absolute Gasteiger partial charge is 0.345 e. The van der Waals surface area contributed by atoms with Gasteiger partial charge in [0.2, 0.25) is 0 Å². The molecular formula is C9H6Cl2O3. The number of carbonyl (C=O) groups excluding carboxylic acids is 2. The predicted octanol–water partition coefficient (Wildman–Crippen LogP) is 2.62. The van der Waals surface area contributed by atoms with Crippen molar-refractivity contribution in [2.75, 3.05) is 0 Å². The summed E-state index contributed by atoms with van der Waals surface area (Å²) in [7, 11) is 0. The van der Waals surface area contributed by atoms with E-state index in [1.165, 1.54) is 12.1 Å². The van der Waals surface area contributed by atoms with Gasteiger partial charge in [0, 0.05) is 0 Å². The van der Waals surface area contributed by atoms with Gasteiger partial charge in [-0.3, -0.25) is 4.79 Å². The summed E-state index contributed by atoms with van der Waals surface area (Å²) in [6.45, 7) is 1.74. The van der Waals surface area contributed by atoms with Crippen molar-refractivity contribution in [3.05, 3.63) is 33.3 Å². The highest BCUT2D eigenvalue weighted by atomic mass is 35.5. The Morgan fingerprint density at radius 2 is 1.93 bits per heavy atom. The van der Waals surface area contributed by atoms with Crippen LogP contribution in [0.2, 0.25) is 10.0 Å². The Morgan fingerprint density at radius 1 is 1.36 bits per heavy atom. The first kappa shape index (κ1) is 11.0. The second-order valence-electron chi connectivity index (χ2n) is 2.58. The Bertz CT molecular complexity index is 388. The molecule has 0 amide bonds. The molecule has 0 aliphatic carbocycles. The lowest BCUT2D eigenvalue weighted by Gasteiger charge is -2.04. The van der Waals surface area contributed by atoms with Crippen molar-refractivity contribution in [2.45, 2.75) is 6.92 Å². The Balaban J connectivity index is 3.15. The van der Waals surface area contributed by atoms with Gasteiger partial charge in [-0.1, -0.05) is 23.2 Å². The van der Waals surface area contributed by atoms with Crippen LogP contribution >= 0.6 is 23.2 Å². The van der Waals surface area contributed by atoms with E-state index in [1.54, 1.807) is 6.92 Å². The second-order valence-corrected chi connectivity index (χ2v) is 3.40. The molecule has 0 fully saturated rings. The first-order valence-corrected chi connectivity index (χ1v) is 4.42. The molecule has 0 unspecified atom stereocenters. The summed E-state index contributed by atoms with van der Waals surface area (Å²) in [4.78, 5) is 21.1. The highest BCUT2D eigenvalue weighted by Crippen LogP contribution is 2.25. The third kappa shape index (κ3) is 2.25. The third-order valence-electron chi connectivity index (χ3n) is 1.64. The van der Waals surface area contributed by atoms with Crippen LogP contribution in [0.3, 0.4) is 0 Å². The highest BCUT2D eigenvalue weighted by molar-refractivity contribution is 6.42. The molecule has 0 saturated carbocycles. The minimum atomic E-state index is -0.740. The lowest BCUT2D eigenvalue weighted by Crippen LogP contribution is -2.05. The molecule has 0 aromatic heterocycles. The van der Waals surface area contributed by atoms with Crippen molar-refractivity contribution in [2.24, 2.45) is 0 Å². The minimum Gasteiger partial charge on any atom is -0.392 e. The third-order valence-corrected chi connectivity index (χ3v) is 2.36. The molecule has 0 spiro atoms. The van der Waals surface area contributed by atoms with Gasteiger partial charge < -0.3 is 4.74 Å². The number of aryl methyl sites for hydroxylation is 1. The summed E-state index contributed by atoms with van der Waals surface area (Å²) in [6, 6.07) is 2.90. The van der Waals surface area contributed by atoms with Crippen LogP contribution in [-0.2, 0) is 9.53 Å². The Hall–Kier alpha value is -1.06. The fourth-order valence-electron chi connectivity index (χ4n) is 0.973. The van der Waals surface area contributed by atoms with Crippen molar-refractivity contribution >= 4 is 35.6 Å². The van der Waals surface area contributed by atoms with Crippen LogP contribution in [0, 0.1) is 6.92 Å². The molecule has 0 N–H and O–H groups in total. The molecule has 74 valence electrons. The molecule has 1 aromatic carbocycles. The second kappa shape index (κ2) is 4.44. The molecule has 0 heterocycles. The predicted molar refractivity (Wildman–Crippen MR) is 52.7 cm³/mol. The van der Waals surface area contributed by atoms with E-state index in [1.807, 2.05) is 0 Å². The molecule has 14 heavy (non-hydrogen) atoms. The zero-order valence-electron chi connectivity index (χ0n) is 7.21. The maximum atomic E-state index is 11.2. The first-order valence-electron chi connectivity index (χ1n) is 3.66. The lowest BCUT2D eigenvalue weighted by atomic mass is 10.1. The molecule has 5 heteroatoms. The average Bonchev–Trinajstić information content (AvgIpc) is 2.11. The van der Waals surface area contributed by atoms with Gasteiger partial charge in [0.25, 0.3) is 0 Å². The minimum absolute atomic E-state index is 0.0737. The SMILES string of the molecule is Cc1cc(Cl)c(Cl)cc1C(=O)OC=O. The molecule has 0 aliphatic rings. The molecule has 3 nitrogen and oxygen atoms in total. The molecule has 0 aliphatic heterocycles. The van der Waals surface area contributed by atoms with Crippen molar-refractivity contribution in [1.82, 2.24) is 0 Å². The summed E-state index contributed by atoms with van der Waals surface area (Å²) >= 11 is 11.4. The Labute approximate surface area is 90.6 Å². The monoisotopic (exact) mass is 232 g/mol. The first-order chi connectivity index (χ1) is 6.56. The topological polar surface area (TPSA) is 43.4 Å². The van der Waals surface area contributed by atoms with Gasteiger partial charge in [0.15, 0.2) is 0 Å². The number of halogens is 2. The van der Waals surface area contributed by atoms with Crippen molar-refractivity contribution in [3.63, 3.8) is 0 Å². The van der Waals surface area contributed by atoms with E-state index in [4.69, 9.17) is 23.2 Å². The summed E-state index contributed by atoms with van der Waals surface area (Å²) in [5, 5.41) is 0.599. The van der Waals surface area contributed by atoms with E-state index in [-0.39, 0.29) is 17.1 Å². The van der Waals surface area contributed by atoms with Crippen molar-refractivity contribution < 1.29 is 14.3 Å². The quantitative estimate of drug-likeness (QED) is 0.448. The fourth-order valence-corrected chi connectivity index (χ4v) is 1.36. The van der Waals surface area contributed by atoms with Crippen LogP contribution in [0.15, 0.2) is 12.1 Å². The van der Waals surface area contributed by atoms with Gasteiger partial charge in [0.05, 0.1) is 15.6 Å². The van der Waals surface area contributed by atoms with E-state index >= 15 is 0 Å². The van der Waals surface area contributed by atoms with Crippen LogP contribution in [0.5, 0.6) is 0 Å². The van der Waals surface area contributed by atoms with Gasteiger partial charge in [-0.2, -0.15) is 0 Å². The zero-order valence-corrected chi connectivity index (χ0v) is 8.72. The molecule has 0 radical (unpaired) electrons. The largest absolute Gasteiger partial charge is 0.392 e. The number of hydrogen-bond acceptors (Lipinski definition) is 3. The van der Waals surface area contributed by atoms with Crippen LogP contribution in [0.4, 0.5) is 0 Å². The molecule has 1 rings (SSSR count). The summed E-state index contributed by atoms with van der Waals surface area (Å²) in [6.07, 6.45) is 0. The Morgan fingerprint density at radius 3 is 2.50 bits per heavy atom. The van der Waals surface area contributed by atoms with Gasteiger partial charge in [-0.05, 0) is 24.6 Å². The molecular weight excluding hydrogens is 227 g/mol. The number of hydrogen-bond donors (Lipinski definition) is 0. The van der Waals surface area contributed by atoms with Gasteiger partial charge in [-0.15, -0.1) is 0 Å².